The van der Waals surface area contributed by atoms with E-state index in [1.54, 1.807) is 45.2 Å². The highest BCUT2D eigenvalue weighted by Crippen LogP contribution is 2.42. The molecule has 3 aromatic carbocycles. The number of halogens is 1. The van der Waals surface area contributed by atoms with Crippen molar-refractivity contribution < 1.29 is 57.8 Å². The summed E-state index contributed by atoms with van der Waals surface area (Å²) in [5.41, 5.74) is 3.97. The second kappa shape index (κ2) is 19.2. The van der Waals surface area contributed by atoms with E-state index in [9.17, 15) is 33.2 Å². The topological polar surface area (TPSA) is 198 Å². The van der Waals surface area contributed by atoms with Gasteiger partial charge in [-0.1, -0.05) is 30.3 Å². The lowest BCUT2D eigenvalue weighted by Gasteiger charge is -2.46. The Bertz CT molecular complexity index is 2220. The zero-order chi connectivity index (χ0) is 42.1. The Kier molecular flexibility index (Phi) is 13.7. The standard InChI is InChI=1S/C42H47FN6O10.4H2/c1-4-44-40(53)32(12-9-17-48(3)42(55)59-22-25-10-7-6-8-11-25)45-35(50)20-33-39(41(54)49(33)21-37(52)56-5-2)47-36(51)24-57-27-14-15-28-34(19-27)58-23-30-29-18-26(43)13-16-31(29)46-38(28)30;;;;/h6-8,10-11,13-16,18-19,32-33,39,46H,4-5,9,12,17,20-24H2,1-3H3,(H,44,53)(H,45,50)(H,47,51);4*1H. The minimum Gasteiger partial charge on any atom is -0.488 e. The van der Waals surface area contributed by atoms with E-state index in [2.05, 4.69) is 20.9 Å². The van der Waals surface area contributed by atoms with Gasteiger partial charge in [0.25, 0.3) is 5.91 Å². The summed E-state index contributed by atoms with van der Waals surface area (Å²) in [6.45, 7) is 3.36. The van der Waals surface area contributed by atoms with Crippen molar-refractivity contribution in [3.63, 3.8) is 0 Å². The zero-order valence-corrected chi connectivity index (χ0v) is 33.0. The maximum Gasteiger partial charge on any atom is 0.409 e. The van der Waals surface area contributed by atoms with Crippen molar-refractivity contribution in [2.75, 3.05) is 39.9 Å². The largest absolute Gasteiger partial charge is 0.488 e. The predicted molar refractivity (Wildman–Crippen MR) is 220 cm³/mol. The first-order valence-corrected chi connectivity index (χ1v) is 19.4. The maximum atomic E-state index is 13.9. The minimum absolute atomic E-state index is 0. The highest BCUT2D eigenvalue weighted by molar-refractivity contribution is 5.98. The van der Waals surface area contributed by atoms with Crippen LogP contribution < -0.4 is 25.4 Å². The van der Waals surface area contributed by atoms with E-state index in [1.807, 2.05) is 30.3 Å². The van der Waals surface area contributed by atoms with Gasteiger partial charge in [-0.3, -0.25) is 24.0 Å². The third-order valence-corrected chi connectivity index (χ3v) is 9.99. The first-order chi connectivity index (χ1) is 28.4. The number of carbonyl (C=O) groups is 6. The zero-order valence-electron chi connectivity index (χ0n) is 33.0. The Morgan fingerprint density at radius 1 is 1.03 bits per heavy atom. The first kappa shape index (κ1) is 42.0. The smallest absolute Gasteiger partial charge is 0.409 e. The number of aromatic amines is 1. The summed E-state index contributed by atoms with van der Waals surface area (Å²) in [6.07, 6.45) is -0.361. The molecule has 59 heavy (non-hydrogen) atoms. The molecule has 16 nitrogen and oxygen atoms in total. The van der Waals surface area contributed by atoms with Gasteiger partial charge in [-0.15, -0.1) is 0 Å². The molecule has 4 aromatic rings. The Morgan fingerprint density at radius 2 is 1.83 bits per heavy atom. The molecule has 17 heteroatoms. The summed E-state index contributed by atoms with van der Waals surface area (Å²) in [4.78, 5) is 83.5. The summed E-state index contributed by atoms with van der Waals surface area (Å²) in [6, 6.07) is 15.7. The average Bonchev–Trinajstić information content (AvgIpc) is 3.60. The lowest BCUT2D eigenvalue weighted by atomic mass is 9.91. The van der Waals surface area contributed by atoms with Crippen molar-refractivity contribution in [1.82, 2.24) is 30.7 Å². The molecule has 0 aliphatic carbocycles. The minimum atomic E-state index is -1.16. The molecule has 0 radical (unpaired) electrons. The number of amides is 5. The molecule has 0 spiro atoms. The van der Waals surface area contributed by atoms with Crippen molar-refractivity contribution in [1.29, 1.82) is 0 Å². The number of aromatic nitrogens is 1. The number of likely N-dealkylation sites (N-methyl/N-ethyl adjacent to an activating group) is 1. The summed E-state index contributed by atoms with van der Waals surface area (Å²) in [5, 5.41) is 8.76. The fraction of sp³-hybridized carbons (Fsp3) is 0.381. The van der Waals surface area contributed by atoms with E-state index in [0.717, 1.165) is 38.2 Å². The Balaban J connectivity index is 0.00000341. The van der Waals surface area contributed by atoms with E-state index < -0.39 is 67.0 Å². The van der Waals surface area contributed by atoms with Gasteiger partial charge in [-0.2, -0.15) is 0 Å². The summed E-state index contributed by atoms with van der Waals surface area (Å²) < 4.78 is 36.0. The third-order valence-electron chi connectivity index (χ3n) is 9.99. The molecule has 0 saturated carbocycles. The number of nitrogens with one attached hydrogen (secondary N) is 4. The number of hydrogen-bond acceptors (Lipinski definition) is 10. The Morgan fingerprint density at radius 3 is 2.59 bits per heavy atom. The van der Waals surface area contributed by atoms with Crippen LogP contribution in [0, 0.1) is 5.82 Å². The van der Waals surface area contributed by atoms with Gasteiger partial charge in [-0.05, 0) is 62.6 Å². The Hall–Kier alpha value is -6.65. The van der Waals surface area contributed by atoms with Crippen LogP contribution in [0.1, 0.15) is 49.9 Å². The highest BCUT2D eigenvalue weighted by Gasteiger charge is 2.50. The predicted octanol–water partition coefficient (Wildman–Crippen LogP) is 4.55. The van der Waals surface area contributed by atoms with Crippen LogP contribution in [0.5, 0.6) is 11.5 Å². The van der Waals surface area contributed by atoms with Gasteiger partial charge < -0.3 is 49.7 Å². The number of H-pyrrole nitrogens is 1. The number of likely N-dealkylation sites (tertiary alicyclic amines) is 1. The van der Waals surface area contributed by atoms with Gasteiger partial charge in [0.1, 0.15) is 49.2 Å². The molecule has 0 bridgehead atoms. The molecule has 1 saturated heterocycles. The lowest BCUT2D eigenvalue weighted by Crippen LogP contribution is -2.72. The molecule has 3 unspecified atom stereocenters. The van der Waals surface area contributed by atoms with Gasteiger partial charge in [-0.25, -0.2) is 9.18 Å². The summed E-state index contributed by atoms with van der Waals surface area (Å²) >= 11 is 0. The molecule has 1 aromatic heterocycles. The van der Waals surface area contributed by atoms with Crippen LogP contribution in [0.4, 0.5) is 9.18 Å². The maximum absolute atomic E-state index is 13.9. The molecular weight excluding hydrogens is 767 g/mol. The van der Waals surface area contributed by atoms with E-state index in [4.69, 9.17) is 18.9 Å². The second-order valence-corrected chi connectivity index (χ2v) is 14.1. The van der Waals surface area contributed by atoms with Crippen molar-refractivity contribution in [3.05, 3.63) is 83.7 Å². The van der Waals surface area contributed by atoms with Gasteiger partial charge in [0.2, 0.25) is 17.7 Å². The van der Waals surface area contributed by atoms with Crippen molar-refractivity contribution >= 4 is 46.6 Å². The van der Waals surface area contributed by atoms with Crippen LogP contribution in [0.15, 0.2) is 66.7 Å². The lowest BCUT2D eigenvalue weighted by molar-refractivity contribution is -0.163. The Labute approximate surface area is 345 Å². The number of carbonyl (C=O) groups excluding carboxylic acids is 6. The molecule has 1 fully saturated rings. The van der Waals surface area contributed by atoms with Crippen LogP contribution >= 0.6 is 0 Å². The number of nitrogens with zero attached hydrogens (tertiary/aromatic N) is 2. The molecule has 2 aliphatic rings. The van der Waals surface area contributed by atoms with E-state index >= 15 is 0 Å². The SMILES string of the molecule is CCNC(=O)C(CCCN(C)C(=O)OCc1ccccc1)NC(=O)CC1C(NC(=O)COc2ccc3c(c2)OCc2c-3[nH]c3ccc(F)cc23)C(=O)N1CC(=O)OCC.[HH].[HH].[HH].[HH]. The second-order valence-electron chi connectivity index (χ2n) is 14.1. The monoisotopic (exact) mass is 822 g/mol. The molecule has 3 heterocycles. The van der Waals surface area contributed by atoms with Crippen LogP contribution in [0.2, 0.25) is 0 Å². The van der Waals surface area contributed by atoms with Gasteiger partial charge in [0, 0.05) is 60.4 Å². The fourth-order valence-corrected chi connectivity index (χ4v) is 7.03. The number of hydrogen-bond donors (Lipinski definition) is 4. The van der Waals surface area contributed by atoms with E-state index in [1.165, 1.54) is 17.0 Å². The van der Waals surface area contributed by atoms with E-state index in [0.29, 0.717) is 24.5 Å². The number of β-lactam (4-membered cyclic amide) rings is 1. The van der Waals surface area contributed by atoms with Gasteiger partial charge in [0.05, 0.1) is 18.3 Å². The van der Waals surface area contributed by atoms with E-state index in [-0.39, 0.29) is 50.7 Å². The quantitative estimate of drug-likeness (QED) is 0.0817. The third kappa shape index (κ3) is 10.3. The molecule has 2 aliphatic heterocycles. The first-order valence-electron chi connectivity index (χ1n) is 19.4. The molecule has 3 atom stereocenters. The van der Waals surface area contributed by atoms with Crippen LogP contribution in [-0.2, 0) is 46.7 Å². The normalized spacial score (nSPS) is 15.7. The van der Waals surface area contributed by atoms with Crippen LogP contribution in [-0.4, -0.2) is 108 Å². The highest BCUT2D eigenvalue weighted by atomic mass is 19.1. The van der Waals surface area contributed by atoms with Crippen LogP contribution in [0.25, 0.3) is 22.2 Å². The summed E-state index contributed by atoms with van der Waals surface area (Å²) in [7, 11) is 1.57. The van der Waals surface area contributed by atoms with Gasteiger partial charge in [0.15, 0.2) is 6.61 Å². The number of esters is 1. The molecule has 320 valence electrons. The number of rotatable bonds is 18. The average molecular weight is 823 g/mol. The van der Waals surface area contributed by atoms with Crippen LogP contribution in [0.3, 0.4) is 0 Å². The number of fused-ring (bicyclic) bond motifs is 5. The van der Waals surface area contributed by atoms with Gasteiger partial charge >= 0.3 is 12.1 Å². The number of benzene rings is 3. The van der Waals surface area contributed by atoms with Crippen molar-refractivity contribution in [3.8, 4) is 22.8 Å². The van der Waals surface area contributed by atoms with Crippen molar-refractivity contribution in [2.45, 2.75) is 64.4 Å². The molecule has 4 N–H and O–H groups in total. The number of ether oxygens (including phenoxy) is 4. The molecule has 5 amide bonds. The summed E-state index contributed by atoms with van der Waals surface area (Å²) in [5.74, 6) is -2.52. The molecule has 6 rings (SSSR count). The van der Waals surface area contributed by atoms with Crippen molar-refractivity contribution in [2.24, 2.45) is 0 Å². The molecular formula is C42H55FN6O10. The fourth-order valence-electron chi connectivity index (χ4n) is 7.03.